The summed E-state index contributed by atoms with van der Waals surface area (Å²) in [6, 6.07) is 0. The average molecular weight is 249 g/mol. The molecule has 0 aliphatic carbocycles. The van der Waals surface area contributed by atoms with Gasteiger partial charge in [-0.2, -0.15) is 0 Å². The molecular formula is C12H27NO2S. The maximum atomic E-state index is 12.1. The summed E-state index contributed by atoms with van der Waals surface area (Å²) in [5, 5.41) is 0. The van der Waals surface area contributed by atoms with Crippen LogP contribution in [-0.4, -0.2) is 31.6 Å². The maximum absolute atomic E-state index is 12.1. The van der Waals surface area contributed by atoms with Gasteiger partial charge in [-0.3, -0.25) is 0 Å². The minimum atomic E-state index is -3.05. The fourth-order valence-corrected chi connectivity index (χ4v) is 3.47. The molecule has 0 atom stereocenters. The molecule has 0 saturated carbocycles. The van der Waals surface area contributed by atoms with Crippen LogP contribution in [0, 0.1) is 11.8 Å². The number of nitrogens with zero attached hydrogens (tertiary/aromatic N) is 1. The van der Waals surface area contributed by atoms with E-state index < -0.39 is 10.0 Å². The van der Waals surface area contributed by atoms with Gasteiger partial charge in [-0.1, -0.05) is 34.6 Å². The Bertz CT molecular complexity index is 271. The Morgan fingerprint density at radius 3 is 1.94 bits per heavy atom. The highest BCUT2D eigenvalue weighted by atomic mass is 32.2. The van der Waals surface area contributed by atoms with Crippen molar-refractivity contribution in [2.75, 3.05) is 18.8 Å². The van der Waals surface area contributed by atoms with E-state index >= 15 is 0 Å². The van der Waals surface area contributed by atoms with Crippen molar-refractivity contribution in [3.63, 3.8) is 0 Å². The first-order valence-corrected chi connectivity index (χ1v) is 7.88. The molecule has 0 aromatic rings. The molecule has 0 rings (SSSR count). The molecule has 0 aromatic heterocycles. The van der Waals surface area contributed by atoms with E-state index in [4.69, 9.17) is 0 Å². The van der Waals surface area contributed by atoms with E-state index in [9.17, 15) is 8.42 Å². The van der Waals surface area contributed by atoms with Crippen molar-refractivity contribution in [1.29, 1.82) is 0 Å². The van der Waals surface area contributed by atoms with Crippen molar-refractivity contribution in [3.8, 4) is 0 Å². The largest absolute Gasteiger partial charge is 0.214 e. The Morgan fingerprint density at radius 1 is 1.00 bits per heavy atom. The van der Waals surface area contributed by atoms with Gasteiger partial charge in [-0.15, -0.1) is 0 Å². The van der Waals surface area contributed by atoms with Gasteiger partial charge >= 0.3 is 0 Å². The lowest BCUT2D eigenvalue weighted by Gasteiger charge is -2.23. The molecular weight excluding hydrogens is 222 g/mol. The van der Waals surface area contributed by atoms with E-state index in [1.165, 1.54) is 0 Å². The van der Waals surface area contributed by atoms with Gasteiger partial charge in [0.15, 0.2) is 0 Å². The second-order valence-corrected chi connectivity index (χ2v) is 7.27. The second kappa shape index (κ2) is 7.28. The zero-order chi connectivity index (χ0) is 12.8. The average Bonchev–Trinajstić information content (AvgIpc) is 2.09. The third-order valence-electron chi connectivity index (χ3n) is 2.37. The van der Waals surface area contributed by atoms with Gasteiger partial charge in [0.1, 0.15) is 0 Å². The number of hydrogen-bond acceptors (Lipinski definition) is 2. The molecule has 0 saturated heterocycles. The van der Waals surface area contributed by atoms with E-state index in [-0.39, 0.29) is 11.7 Å². The van der Waals surface area contributed by atoms with Crippen molar-refractivity contribution >= 4 is 10.0 Å². The van der Waals surface area contributed by atoms with Crippen molar-refractivity contribution in [1.82, 2.24) is 4.31 Å². The van der Waals surface area contributed by atoms with Crippen molar-refractivity contribution < 1.29 is 8.42 Å². The summed E-state index contributed by atoms with van der Waals surface area (Å²) in [7, 11) is -3.05. The van der Waals surface area contributed by atoms with Gasteiger partial charge < -0.3 is 0 Å². The molecule has 0 fully saturated rings. The summed E-state index contributed by atoms with van der Waals surface area (Å²) in [5.41, 5.74) is 0. The molecule has 0 aliphatic rings. The first kappa shape index (κ1) is 15.9. The van der Waals surface area contributed by atoms with Crippen LogP contribution in [0.4, 0.5) is 0 Å². The third kappa shape index (κ3) is 6.48. The molecule has 0 amide bonds. The minimum Gasteiger partial charge on any atom is -0.212 e. The SMILES string of the molecule is CCCN(CCC(C)C)S(=O)(=O)CC(C)C. The highest BCUT2D eigenvalue weighted by molar-refractivity contribution is 7.89. The van der Waals surface area contributed by atoms with Crippen LogP contribution in [0.15, 0.2) is 0 Å². The Morgan fingerprint density at radius 2 is 1.56 bits per heavy atom. The van der Waals surface area contributed by atoms with E-state index in [1.54, 1.807) is 4.31 Å². The van der Waals surface area contributed by atoms with Gasteiger partial charge in [0.2, 0.25) is 10.0 Å². The van der Waals surface area contributed by atoms with Gasteiger partial charge in [-0.25, -0.2) is 12.7 Å². The Hall–Kier alpha value is -0.0900. The molecule has 0 aliphatic heterocycles. The van der Waals surface area contributed by atoms with E-state index in [1.807, 2.05) is 20.8 Å². The molecule has 3 nitrogen and oxygen atoms in total. The summed E-state index contributed by atoms with van der Waals surface area (Å²) in [6.45, 7) is 11.5. The van der Waals surface area contributed by atoms with E-state index in [2.05, 4.69) is 13.8 Å². The molecule has 0 aromatic carbocycles. The highest BCUT2D eigenvalue weighted by Crippen LogP contribution is 2.11. The molecule has 16 heavy (non-hydrogen) atoms. The van der Waals surface area contributed by atoms with Crippen LogP contribution < -0.4 is 0 Å². The third-order valence-corrected chi connectivity index (χ3v) is 4.61. The zero-order valence-corrected chi connectivity index (χ0v) is 12.2. The Kier molecular flexibility index (Phi) is 7.24. The molecule has 4 heteroatoms. The lowest BCUT2D eigenvalue weighted by Crippen LogP contribution is -2.36. The summed E-state index contributed by atoms with van der Waals surface area (Å²) < 4.78 is 25.8. The summed E-state index contributed by atoms with van der Waals surface area (Å²) in [5.74, 6) is 1.02. The summed E-state index contributed by atoms with van der Waals surface area (Å²) in [4.78, 5) is 0. The van der Waals surface area contributed by atoms with Crippen LogP contribution in [0.2, 0.25) is 0 Å². The van der Waals surface area contributed by atoms with Crippen molar-refractivity contribution in [2.24, 2.45) is 11.8 Å². The quantitative estimate of drug-likeness (QED) is 0.663. The zero-order valence-electron chi connectivity index (χ0n) is 11.4. The van der Waals surface area contributed by atoms with E-state index in [0.717, 1.165) is 12.8 Å². The van der Waals surface area contributed by atoms with Crippen LogP contribution in [0.1, 0.15) is 47.5 Å². The molecule has 98 valence electrons. The van der Waals surface area contributed by atoms with Crippen LogP contribution in [-0.2, 0) is 10.0 Å². The molecule has 0 heterocycles. The van der Waals surface area contributed by atoms with Crippen molar-refractivity contribution in [3.05, 3.63) is 0 Å². The van der Waals surface area contributed by atoms with Gasteiger partial charge in [-0.05, 0) is 24.7 Å². The van der Waals surface area contributed by atoms with Crippen LogP contribution in [0.5, 0.6) is 0 Å². The fourth-order valence-electron chi connectivity index (χ4n) is 1.57. The molecule has 0 bridgehead atoms. The van der Waals surface area contributed by atoms with Crippen LogP contribution in [0.25, 0.3) is 0 Å². The smallest absolute Gasteiger partial charge is 0.212 e. The monoisotopic (exact) mass is 249 g/mol. The lowest BCUT2D eigenvalue weighted by molar-refractivity contribution is 0.377. The predicted octanol–water partition coefficient (Wildman–Crippen LogP) is 2.73. The van der Waals surface area contributed by atoms with E-state index in [0.29, 0.717) is 19.0 Å². The molecule has 0 radical (unpaired) electrons. The van der Waals surface area contributed by atoms with Gasteiger partial charge in [0.25, 0.3) is 0 Å². The highest BCUT2D eigenvalue weighted by Gasteiger charge is 2.22. The fraction of sp³-hybridized carbons (Fsp3) is 1.00. The lowest BCUT2D eigenvalue weighted by atomic mass is 10.1. The van der Waals surface area contributed by atoms with Crippen LogP contribution in [0.3, 0.4) is 0 Å². The predicted molar refractivity (Wildman–Crippen MR) is 69.9 cm³/mol. The minimum absolute atomic E-state index is 0.198. The first-order chi connectivity index (χ1) is 7.29. The van der Waals surface area contributed by atoms with Crippen LogP contribution >= 0.6 is 0 Å². The Balaban J connectivity index is 4.50. The molecule has 0 N–H and O–H groups in total. The van der Waals surface area contributed by atoms with Crippen molar-refractivity contribution in [2.45, 2.75) is 47.5 Å². The number of rotatable bonds is 8. The standard InChI is InChI=1S/C12H27NO2S/c1-6-8-13(9-7-11(2)3)16(14,15)10-12(4)5/h11-12H,6-10H2,1-5H3. The van der Waals surface area contributed by atoms with Gasteiger partial charge in [0.05, 0.1) is 5.75 Å². The maximum Gasteiger partial charge on any atom is 0.214 e. The summed E-state index contributed by atoms with van der Waals surface area (Å²) >= 11 is 0. The molecule has 0 unspecified atom stereocenters. The normalized spacial score (nSPS) is 13.0. The number of sulfonamides is 1. The Labute approximate surface area is 101 Å². The second-order valence-electron chi connectivity index (χ2n) is 5.25. The van der Waals surface area contributed by atoms with Gasteiger partial charge in [0, 0.05) is 13.1 Å². The summed E-state index contributed by atoms with van der Waals surface area (Å²) in [6.07, 6.45) is 1.83. The molecule has 0 spiro atoms. The number of hydrogen-bond donors (Lipinski definition) is 0. The first-order valence-electron chi connectivity index (χ1n) is 6.27. The topological polar surface area (TPSA) is 37.4 Å².